The first-order chi connectivity index (χ1) is 9.38. The third kappa shape index (κ3) is 63.0. The average molecular weight is 511 g/mol. The van der Waals surface area contributed by atoms with E-state index in [1.54, 1.807) is 0 Å². The zero-order valence-corrected chi connectivity index (χ0v) is 18.4. The van der Waals surface area contributed by atoms with E-state index in [2.05, 4.69) is 0 Å². The maximum Gasteiger partial charge on any atom is 4.00 e. The molecule has 0 radical (unpaired) electrons. The van der Waals surface area contributed by atoms with Gasteiger partial charge in [0.05, 0.1) is 0 Å². The minimum Gasteiger partial charge on any atom is -1.00 e. The second-order valence-corrected chi connectivity index (χ2v) is 4.10. The first-order valence-electron chi connectivity index (χ1n) is 5.96. The zero-order valence-electron chi connectivity index (χ0n) is 14.1. The fourth-order valence-electron chi connectivity index (χ4n) is 0.859. The van der Waals surface area contributed by atoms with Crippen LogP contribution < -0.4 is 12.4 Å². The summed E-state index contributed by atoms with van der Waals surface area (Å²) in [6, 6.07) is 0. The van der Waals surface area contributed by atoms with Crippen LogP contribution in [0.15, 0.2) is 0 Å². The van der Waals surface area contributed by atoms with Gasteiger partial charge in [0.15, 0.2) is 0 Å². The Balaban J connectivity index is -0.0000000675. The van der Waals surface area contributed by atoms with Gasteiger partial charge in [-0.15, -0.1) is 0 Å². The molecule has 0 heterocycles. The molecule has 0 N–H and O–H groups in total. The van der Waals surface area contributed by atoms with E-state index < -0.39 is 0 Å². The number of Topliss-reactive ketones (excluding diaryl/α,β-unsaturated/α-hetero) is 6. The Bertz CT molecular complexity index is 320. The van der Waals surface area contributed by atoms with E-state index in [9.17, 15) is 28.8 Å². The van der Waals surface area contributed by atoms with Crippen LogP contribution in [0.5, 0.6) is 0 Å². The largest absolute Gasteiger partial charge is 4.00 e. The van der Waals surface area contributed by atoms with E-state index in [-0.39, 0.29) is 72.9 Å². The molecule has 0 bridgehead atoms. The fraction of sp³-hybridized carbons (Fsp3) is 0.400. The SMILES string of the molecule is CC(=O)[CH-]C(C)=O.CC(=O)[CH-]C(C)=O.CC(=O)[CH-]C(C)=O.[Cl-].[Hf+4]. The fourth-order valence-corrected chi connectivity index (χ4v) is 0.859. The minimum atomic E-state index is -0.187. The Kier molecular flexibility index (Phi) is 30.2. The molecule has 0 aromatic rings. The summed E-state index contributed by atoms with van der Waals surface area (Å²) < 4.78 is 0. The number of hydrogen-bond donors (Lipinski definition) is 0. The van der Waals surface area contributed by atoms with Gasteiger partial charge in [-0.1, -0.05) is 0 Å². The summed E-state index contributed by atoms with van der Waals surface area (Å²) >= 11 is 0. The maximum atomic E-state index is 9.98. The second kappa shape index (κ2) is 20.8. The standard InChI is InChI=1S/3C5H7O2.ClH.Hf/c3*1-4(6)3-5(2)7;;/h3*3H,1-2H3;1H;/q3*-1;;+4/p-1. The molecule has 0 spiro atoms. The molecular formula is C15H21ClHfO6. The smallest absolute Gasteiger partial charge is 1.00 e. The van der Waals surface area contributed by atoms with Gasteiger partial charge in [-0.05, 0) is 41.5 Å². The summed E-state index contributed by atoms with van der Waals surface area (Å²) in [6.07, 6.45) is 3.17. The molecular weight excluding hydrogens is 490 g/mol. The van der Waals surface area contributed by atoms with Crippen molar-refractivity contribution >= 4 is 34.7 Å². The number of rotatable bonds is 6. The zero-order chi connectivity index (χ0) is 17.6. The van der Waals surface area contributed by atoms with Gasteiger partial charge in [-0.3, -0.25) is 19.3 Å². The van der Waals surface area contributed by atoms with Crippen LogP contribution in [0.25, 0.3) is 0 Å². The molecule has 0 atom stereocenters. The van der Waals surface area contributed by atoms with Crippen LogP contribution in [0.2, 0.25) is 0 Å². The molecule has 0 saturated carbocycles. The summed E-state index contributed by atoms with van der Waals surface area (Å²) in [5.74, 6) is -1.12. The van der Waals surface area contributed by atoms with Crippen molar-refractivity contribution in [1.82, 2.24) is 0 Å². The van der Waals surface area contributed by atoms with Crippen molar-refractivity contribution in [2.24, 2.45) is 0 Å². The number of halogens is 1. The quantitative estimate of drug-likeness (QED) is 0.235. The van der Waals surface area contributed by atoms with Gasteiger partial charge in [0.2, 0.25) is 0 Å². The topological polar surface area (TPSA) is 102 Å². The second-order valence-electron chi connectivity index (χ2n) is 4.10. The van der Waals surface area contributed by atoms with Crippen molar-refractivity contribution in [3.63, 3.8) is 0 Å². The molecule has 6 nitrogen and oxygen atoms in total. The monoisotopic (exact) mass is 512 g/mol. The predicted octanol–water partition coefficient (Wildman–Crippen LogP) is -1.89. The van der Waals surface area contributed by atoms with E-state index in [0.717, 1.165) is 19.3 Å². The molecule has 0 saturated heterocycles. The first kappa shape index (κ1) is 33.4. The summed E-state index contributed by atoms with van der Waals surface area (Å²) in [5, 5.41) is 0. The average Bonchev–Trinajstić information content (AvgIpc) is 2.10. The van der Waals surface area contributed by atoms with Crippen molar-refractivity contribution < 1.29 is 67.0 Å². The van der Waals surface area contributed by atoms with Gasteiger partial charge in [0.25, 0.3) is 0 Å². The third-order valence-corrected chi connectivity index (χ3v) is 1.22. The number of carbonyl (C=O) groups excluding carboxylic acids is 6. The van der Waals surface area contributed by atoms with Crippen molar-refractivity contribution in [3.8, 4) is 0 Å². The normalized spacial score (nSPS) is 7.04. The molecule has 0 unspecified atom stereocenters. The van der Waals surface area contributed by atoms with E-state index in [1.165, 1.54) is 41.5 Å². The predicted molar refractivity (Wildman–Crippen MR) is 77.0 cm³/mol. The van der Waals surface area contributed by atoms with Crippen LogP contribution in [-0.4, -0.2) is 34.7 Å². The van der Waals surface area contributed by atoms with Gasteiger partial charge in [-0.25, -0.2) is 0 Å². The molecule has 0 fully saturated rings. The number of ketones is 6. The molecule has 0 aliphatic heterocycles. The maximum absolute atomic E-state index is 9.98. The minimum absolute atomic E-state index is 0. The Labute approximate surface area is 162 Å². The number of carbonyl (C=O) groups is 6. The van der Waals surface area contributed by atoms with Crippen molar-refractivity contribution in [2.75, 3.05) is 0 Å². The van der Waals surface area contributed by atoms with Crippen LogP contribution in [0.4, 0.5) is 0 Å². The van der Waals surface area contributed by atoms with Gasteiger partial charge < -0.3 is 41.2 Å². The van der Waals surface area contributed by atoms with Gasteiger partial charge in [-0.2, -0.15) is 0 Å². The summed E-state index contributed by atoms with van der Waals surface area (Å²) in [4.78, 5) is 59.9. The molecule has 0 aromatic carbocycles. The third-order valence-electron chi connectivity index (χ3n) is 1.22. The van der Waals surface area contributed by atoms with E-state index >= 15 is 0 Å². The Hall–Kier alpha value is -1.21. The Morgan fingerprint density at radius 3 is 0.522 bits per heavy atom. The molecule has 0 aromatic heterocycles. The molecule has 128 valence electrons. The Morgan fingerprint density at radius 2 is 0.522 bits per heavy atom. The molecule has 0 amide bonds. The van der Waals surface area contributed by atoms with Crippen LogP contribution in [0.1, 0.15) is 41.5 Å². The first-order valence-corrected chi connectivity index (χ1v) is 5.96. The molecule has 0 aliphatic carbocycles. The van der Waals surface area contributed by atoms with E-state index in [4.69, 9.17) is 0 Å². The molecule has 23 heavy (non-hydrogen) atoms. The van der Waals surface area contributed by atoms with Crippen LogP contribution in [0, 0.1) is 19.3 Å². The summed E-state index contributed by atoms with van der Waals surface area (Å²) in [6.45, 7) is 8.09. The van der Waals surface area contributed by atoms with Crippen molar-refractivity contribution in [3.05, 3.63) is 19.3 Å². The van der Waals surface area contributed by atoms with Crippen molar-refractivity contribution in [2.45, 2.75) is 41.5 Å². The number of hydrogen-bond acceptors (Lipinski definition) is 6. The molecule has 0 aliphatic rings. The summed E-state index contributed by atoms with van der Waals surface area (Å²) in [5.41, 5.74) is 0. The van der Waals surface area contributed by atoms with Crippen LogP contribution in [0.3, 0.4) is 0 Å². The van der Waals surface area contributed by atoms with E-state index in [0.29, 0.717) is 0 Å². The molecule has 8 heteroatoms. The van der Waals surface area contributed by atoms with E-state index in [1.807, 2.05) is 0 Å². The Morgan fingerprint density at radius 1 is 0.435 bits per heavy atom. The van der Waals surface area contributed by atoms with Gasteiger partial charge in [0, 0.05) is 34.7 Å². The van der Waals surface area contributed by atoms with Crippen LogP contribution in [-0.2, 0) is 54.6 Å². The van der Waals surface area contributed by atoms with Crippen LogP contribution >= 0.6 is 0 Å². The van der Waals surface area contributed by atoms with Crippen molar-refractivity contribution in [1.29, 1.82) is 0 Å². The molecule has 0 rings (SSSR count). The van der Waals surface area contributed by atoms with Gasteiger partial charge in [0.1, 0.15) is 0 Å². The van der Waals surface area contributed by atoms with Gasteiger partial charge >= 0.3 is 25.8 Å². The summed E-state index contributed by atoms with van der Waals surface area (Å²) in [7, 11) is 0.